The van der Waals surface area contributed by atoms with Crippen molar-refractivity contribution in [1.82, 2.24) is 14.9 Å². The van der Waals surface area contributed by atoms with Gasteiger partial charge in [0.25, 0.3) is 5.91 Å². The quantitative estimate of drug-likeness (QED) is 0.846. The Hall–Kier alpha value is -1.46. The third-order valence-corrected chi connectivity index (χ3v) is 2.66. The molecule has 88 valence electrons. The van der Waals surface area contributed by atoms with Crippen LogP contribution in [0.15, 0.2) is 12.5 Å². The summed E-state index contributed by atoms with van der Waals surface area (Å²) in [7, 11) is 1.76. The van der Waals surface area contributed by atoms with Crippen LogP contribution in [0, 0.1) is 5.92 Å². The second kappa shape index (κ2) is 3.84. The maximum atomic E-state index is 12.5. The summed E-state index contributed by atoms with van der Waals surface area (Å²) in [4.78, 5) is 15.4. The maximum absolute atomic E-state index is 12.5. The minimum atomic E-state index is -2.53. The van der Waals surface area contributed by atoms with Gasteiger partial charge in [0, 0.05) is 32.6 Å². The van der Waals surface area contributed by atoms with E-state index in [1.807, 2.05) is 0 Å². The number of rotatable bonds is 3. The second-order valence-electron chi connectivity index (χ2n) is 4.26. The summed E-state index contributed by atoms with van der Waals surface area (Å²) >= 11 is 0. The lowest BCUT2D eigenvalue weighted by atomic mass is 9.81. The first-order chi connectivity index (χ1) is 7.46. The van der Waals surface area contributed by atoms with Crippen LogP contribution in [-0.4, -0.2) is 27.9 Å². The molecule has 1 N–H and O–H groups in total. The fourth-order valence-electron chi connectivity index (χ4n) is 1.79. The first kappa shape index (κ1) is 11.0. The number of hydrogen-bond donors (Lipinski definition) is 1. The van der Waals surface area contributed by atoms with Gasteiger partial charge in [0.15, 0.2) is 0 Å². The van der Waals surface area contributed by atoms with Gasteiger partial charge in [-0.2, -0.15) is 0 Å². The van der Waals surface area contributed by atoms with Gasteiger partial charge in [0.05, 0.1) is 6.33 Å². The van der Waals surface area contributed by atoms with Crippen molar-refractivity contribution in [3.8, 4) is 0 Å². The number of aromatic nitrogens is 2. The van der Waals surface area contributed by atoms with E-state index in [0.29, 0.717) is 12.2 Å². The van der Waals surface area contributed by atoms with Crippen molar-refractivity contribution in [3.63, 3.8) is 0 Å². The van der Waals surface area contributed by atoms with Crippen molar-refractivity contribution >= 4 is 5.91 Å². The van der Waals surface area contributed by atoms with Gasteiger partial charge in [-0.25, -0.2) is 13.8 Å². The molecule has 1 amide bonds. The second-order valence-corrected chi connectivity index (χ2v) is 4.26. The fraction of sp³-hybridized carbons (Fsp3) is 0.600. The molecule has 0 bridgehead atoms. The van der Waals surface area contributed by atoms with E-state index >= 15 is 0 Å². The Bertz CT molecular complexity index is 395. The number of alkyl halides is 2. The molecule has 1 aliphatic rings. The molecule has 1 fully saturated rings. The molecule has 16 heavy (non-hydrogen) atoms. The number of carbonyl (C=O) groups excluding carboxylic acids is 1. The van der Waals surface area contributed by atoms with Crippen LogP contribution in [0.2, 0.25) is 0 Å². The molecule has 1 heterocycles. The molecule has 4 nitrogen and oxygen atoms in total. The van der Waals surface area contributed by atoms with Crippen molar-refractivity contribution in [1.29, 1.82) is 0 Å². The number of carbonyl (C=O) groups is 1. The minimum Gasteiger partial charge on any atom is -0.350 e. The lowest BCUT2D eigenvalue weighted by molar-refractivity contribution is -0.108. The highest BCUT2D eigenvalue weighted by atomic mass is 19.3. The van der Waals surface area contributed by atoms with Crippen LogP contribution in [0.25, 0.3) is 0 Å². The largest absolute Gasteiger partial charge is 0.350 e. The summed E-state index contributed by atoms with van der Waals surface area (Å²) in [5.74, 6) is -2.95. The Kier molecular flexibility index (Phi) is 2.65. The third kappa shape index (κ3) is 2.37. The van der Waals surface area contributed by atoms with E-state index in [1.165, 1.54) is 6.33 Å². The lowest BCUT2D eigenvalue weighted by Crippen LogP contribution is -2.42. The van der Waals surface area contributed by atoms with Crippen LogP contribution in [0.3, 0.4) is 0 Å². The molecule has 0 aromatic carbocycles. The normalized spacial score (nSPS) is 19.2. The van der Waals surface area contributed by atoms with Crippen molar-refractivity contribution in [2.24, 2.45) is 13.0 Å². The number of halogens is 2. The Morgan fingerprint density at radius 2 is 2.38 bits per heavy atom. The van der Waals surface area contributed by atoms with Crippen LogP contribution in [-0.2, 0) is 7.05 Å². The number of amides is 1. The molecular weight excluding hydrogens is 216 g/mol. The van der Waals surface area contributed by atoms with Crippen LogP contribution >= 0.6 is 0 Å². The molecular formula is C10H13F2N3O. The van der Waals surface area contributed by atoms with E-state index in [4.69, 9.17) is 0 Å². The molecule has 1 aromatic rings. The molecule has 1 saturated carbocycles. The van der Waals surface area contributed by atoms with Crippen LogP contribution in [0.5, 0.6) is 0 Å². The fourth-order valence-corrected chi connectivity index (χ4v) is 1.79. The van der Waals surface area contributed by atoms with Crippen LogP contribution in [0.1, 0.15) is 23.3 Å². The summed E-state index contributed by atoms with van der Waals surface area (Å²) < 4.78 is 26.7. The molecule has 2 rings (SSSR count). The van der Waals surface area contributed by atoms with Crippen LogP contribution < -0.4 is 5.32 Å². The lowest BCUT2D eigenvalue weighted by Gasteiger charge is -2.34. The number of imidazole rings is 1. The summed E-state index contributed by atoms with van der Waals surface area (Å²) in [6.45, 7) is 0.297. The van der Waals surface area contributed by atoms with Crippen molar-refractivity contribution in [3.05, 3.63) is 18.2 Å². The predicted octanol–water partition coefficient (Wildman–Crippen LogP) is 1.20. The van der Waals surface area contributed by atoms with Gasteiger partial charge in [-0.15, -0.1) is 0 Å². The molecule has 0 spiro atoms. The minimum absolute atomic E-state index is 0.109. The molecule has 0 saturated heterocycles. The smallest absolute Gasteiger partial charge is 0.271 e. The average Bonchev–Trinajstić information content (AvgIpc) is 2.57. The number of nitrogens with zero attached hydrogens (tertiary/aromatic N) is 2. The number of nitrogens with one attached hydrogen (secondary N) is 1. The zero-order valence-electron chi connectivity index (χ0n) is 8.91. The Labute approximate surface area is 91.7 Å². The van der Waals surface area contributed by atoms with Crippen LogP contribution in [0.4, 0.5) is 8.78 Å². The van der Waals surface area contributed by atoms with Gasteiger partial charge in [-0.1, -0.05) is 0 Å². The molecule has 1 aliphatic carbocycles. The SMILES string of the molecule is Cn1cnc(C(=O)NCC2CC(F)(F)C2)c1. The summed E-state index contributed by atoms with van der Waals surface area (Å²) in [6.07, 6.45) is 2.85. The van der Waals surface area contributed by atoms with E-state index in [2.05, 4.69) is 10.3 Å². The molecule has 0 atom stereocenters. The highest BCUT2D eigenvalue weighted by molar-refractivity contribution is 5.91. The third-order valence-electron chi connectivity index (χ3n) is 2.66. The maximum Gasteiger partial charge on any atom is 0.271 e. The molecule has 6 heteroatoms. The van der Waals surface area contributed by atoms with Gasteiger partial charge < -0.3 is 9.88 Å². The highest BCUT2D eigenvalue weighted by Gasteiger charge is 2.45. The summed E-state index contributed by atoms with van der Waals surface area (Å²) in [6, 6.07) is 0. The topological polar surface area (TPSA) is 46.9 Å². The van der Waals surface area contributed by atoms with Crippen molar-refractivity contribution < 1.29 is 13.6 Å². The Balaban J connectivity index is 1.77. The zero-order chi connectivity index (χ0) is 11.8. The highest BCUT2D eigenvalue weighted by Crippen LogP contribution is 2.41. The molecule has 1 aromatic heterocycles. The van der Waals surface area contributed by atoms with Gasteiger partial charge in [-0.3, -0.25) is 4.79 Å². The van der Waals surface area contributed by atoms with Crippen molar-refractivity contribution in [2.45, 2.75) is 18.8 Å². The van der Waals surface area contributed by atoms with Gasteiger partial charge in [-0.05, 0) is 5.92 Å². The standard InChI is InChI=1S/C10H13F2N3O/c1-15-5-8(14-6-15)9(16)13-4-7-2-10(11,12)3-7/h5-7H,2-4H2,1H3,(H,13,16). The number of hydrogen-bond acceptors (Lipinski definition) is 2. The molecule has 0 unspecified atom stereocenters. The summed E-state index contributed by atoms with van der Waals surface area (Å²) in [5, 5.41) is 2.60. The first-order valence-corrected chi connectivity index (χ1v) is 5.10. The van der Waals surface area contributed by atoms with E-state index < -0.39 is 5.92 Å². The van der Waals surface area contributed by atoms with Gasteiger partial charge >= 0.3 is 0 Å². The molecule has 0 radical (unpaired) electrons. The first-order valence-electron chi connectivity index (χ1n) is 5.10. The van der Waals surface area contributed by atoms with E-state index in [1.54, 1.807) is 17.8 Å². The van der Waals surface area contributed by atoms with Crippen molar-refractivity contribution in [2.75, 3.05) is 6.54 Å². The van der Waals surface area contributed by atoms with E-state index in [-0.39, 0.29) is 24.7 Å². The van der Waals surface area contributed by atoms with E-state index in [9.17, 15) is 13.6 Å². The average molecular weight is 229 g/mol. The number of aryl methyl sites for hydroxylation is 1. The Morgan fingerprint density at radius 3 is 2.88 bits per heavy atom. The summed E-state index contributed by atoms with van der Waals surface area (Å²) in [5.41, 5.74) is 0.314. The predicted molar refractivity (Wildman–Crippen MR) is 53.2 cm³/mol. The van der Waals surface area contributed by atoms with E-state index in [0.717, 1.165) is 0 Å². The van der Waals surface area contributed by atoms with Gasteiger partial charge in [0.2, 0.25) is 5.92 Å². The Morgan fingerprint density at radius 1 is 1.69 bits per heavy atom. The molecule has 0 aliphatic heterocycles. The van der Waals surface area contributed by atoms with Gasteiger partial charge in [0.1, 0.15) is 5.69 Å². The zero-order valence-corrected chi connectivity index (χ0v) is 8.91. The monoisotopic (exact) mass is 229 g/mol.